The van der Waals surface area contributed by atoms with Gasteiger partial charge in [0.2, 0.25) is 0 Å². The van der Waals surface area contributed by atoms with Crippen molar-refractivity contribution in [3.8, 4) is 0 Å². The number of ether oxygens (including phenoxy) is 6. The molecule has 3 saturated heterocycles. The van der Waals surface area contributed by atoms with Gasteiger partial charge in [0.1, 0.15) is 30.0 Å². The molecular formula is C37H69NO12. The van der Waals surface area contributed by atoms with Crippen LogP contribution < -0.4 is 0 Å². The number of methoxy groups -OCH3 is 1. The number of aliphatic hydroxyl groups is 5. The van der Waals surface area contributed by atoms with Gasteiger partial charge in [0.25, 0.3) is 0 Å². The van der Waals surface area contributed by atoms with Gasteiger partial charge in [-0.05, 0) is 86.6 Å². The van der Waals surface area contributed by atoms with Crippen molar-refractivity contribution in [2.24, 2.45) is 23.7 Å². The van der Waals surface area contributed by atoms with Crippen LogP contribution in [0.1, 0.15) is 102 Å². The Kier molecular flexibility index (Phi) is 14.8. The Morgan fingerprint density at radius 2 is 1.54 bits per heavy atom. The van der Waals surface area contributed by atoms with E-state index in [4.69, 9.17) is 28.4 Å². The smallest absolute Gasteiger partial charge is 0.311 e. The van der Waals surface area contributed by atoms with Gasteiger partial charge in [-0.1, -0.05) is 27.7 Å². The first kappa shape index (κ1) is 43.4. The number of aliphatic hydroxyl groups excluding tert-OH is 3. The number of hydrogen-bond donors (Lipinski definition) is 5. The maximum atomic E-state index is 14.1. The topological polar surface area (TPSA) is 177 Å². The molecule has 0 radical (unpaired) electrons. The number of carbonyl (C=O) groups is 1. The molecule has 0 spiro atoms. The predicted octanol–water partition coefficient (Wildman–Crippen LogP) is 2.61. The molecule has 13 nitrogen and oxygen atoms in total. The van der Waals surface area contributed by atoms with Crippen molar-refractivity contribution < 1.29 is 58.7 Å². The molecule has 0 saturated carbocycles. The molecule has 50 heavy (non-hydrogen) atoms. The minimum absolute atomic E-state index is 0.123. The third kappa shape index (κ3) is 9.57. The normalized spacial score (nSPS) is 51.0. The van der Waals surface area contributed by atoms with Crippen LogP contribution in [-0.2, 0) is 33.2 Å². The maximum absolute atomic E-state index is 14.1. The average molecular weight is 720 g/mol. The lowest BCUT2D eigenvalue weighted by atomic mass is 9.77. The standard InChI is InChI=1S/C37H69NO12/c1-14-26-37(11,44)30(40)24(7)38(12)18-19(2)16-35(9,43)32(50-34-28(39)20(3)15-21(4)46-34)22(5)29(23(6)33(42)48-26)49-27-17-36(10,45-13)31(41)25(8)47-27/h19-32,34,39-41,43-44H,14-18H2,1-13H3/t19-,20?,21?,22?,23-,24-,25?,26-,27?,28?,29+,30-,31?,32-,34?,35-,36?,37-/m1/s1. The van der Waals surface area contributed by atoms with Crippen LogP contribution in [-0.4, -0.2) is 141 Å². The van der Waals surface area contributed by atoms with E-state index in [9.17, 15) is 30.3 Å². The van der Waals surface area contributed by atoms with E-state index in [0.717, 1.165) is 0 Å². The summed E-state index contributed by atoms with van der Waals surface area (Å²) >= 11 is 0. The minimum Gasteiger partial charge on any atom is -0.459 e. The predicted molar refractivity (Wildman–Crippen MR) is 186 cm³/mol. The molecule has 18 atom stereocenters. The average Bonchev–Trinajstić information content (AvgIpc) is 3.03. The summed E-state index contributed by atoms with van der Waals surface area (Å²) in [6.45, 7) is 20.0. The summed E-state index contributed by atoms with van der Waals surface area (Å²) in [5.41, 5.74) is -4.33. The van der Waals surface area contributed by atoms with Crippen LogP contribution in [0.5, 0.6) is 0 Å². The second-order valence-corrected chi connectivity index (χ2v) is 16.6. The highest BCUT2D eigenvalue weighted by atomic mass is 16.7. The van der Waals surface area contributed by atoms with Gasteiger partial charge in [0.15, 0.2) is 12.6 Å². The van der Waals surface area contributed by atoms with Gasteiger partial charge < -0.3 is 58.9 Å². The lowest BCUT2D eigenvalue weighted by Crippen LogP contribution is -2.59. The fourth-order valence-electron chi connectivity index (χ4n) is 8.49. The van der Waals surface area contributed by atoms with Gasteiger partial charge in [-0.25, -0.2) is 0 Å². The highest BCUT2D eigenvalue weighted by molar-refractivity contribution is 5.73. The SMILES string of the molecule is CC[C@H]1OC(=O)[C@H](C)[C@@H](OC2CC(C)(OC)C(O)C(C)O2)C(C)[C@@H](OC2OC(C)CC(C)C2O)[C@](C)(O)C[C@@H](C)CN(C)[C@H](C)[C@@H](O)[C@]1(C)O. The molecule has 3 aliphatic rings. The van der Waals surface area contributed by atoms with Crippen molar-refractivity contribution in [1.29, 1.82) is 0 Å². The highest BCUT2D eigenvalue weighted by Crippen LogP contribution is 2.40. The number of rotatable bonds is 6. The van der Waals surface area contributed by atoms with Crippen molar-refractivity contribution >= 4 is 5.97 Å². The first-order valence-electron chi connectivity index (χ1n) is 18.6. The Balaban J connectivity index is 2.16. The monoisotopic (exact) mass is 719 g/mol. The number of hydrogen-bond acceptors (Lipinski definition) is 13. The lowest BCUT2D eigenvalue weighted by Gasteiger charge is -2.48. The summed E-state index contributed by atoms with van der Waals surface area (Å²) in [7, 11) is 3.35. The molecule has 3 aliphatic heterocycles. The first-order chi connectivity index (χ1) is 23.0. The summed E-state index contributed by atoms with van der Waals surface area (Å²) < 4.78 is 37.3. The van der Waals surface area contributed by atoms with E-state index in [2.05, 4.69) is 0 Å². The van der Waals surface area contributed by atoms with Crippen molar-refractivity contribution in [3.05, 3.63) is 0 Å². The highest BCUT2D eigenvalue weighted by Gasteiger charge is 2.52. The van der Waals surface area contributed by atoms with Crippen LogP contribution in [0.3, 0.4) is 0 Å². The molecule has 0 aromatic heterocycles. The van der Waals surface area contributed by atoms with E-state index in [0.29, 0.717) is 13.0 Å². The van der Waals surface area contributed by atoms with Gasteiger partial charge in [0, 0.05) is 32.0 Å². The zero-order valence-electron chi connectivity index (χ0n) is 32.7. The summed E-state index contributed by atoms with van der Waals surface area (Å²) in [5, 5.41) is 57.6. The first-order valence-corrected chi connectivity index (χ1v) is 18.6. The largest absolute Gasteiger partial charge is 0.459 e. The lowest BCUT2D eigenvalue weighted by molar-refractivity contribution is -0.317. The van der Waals surface area contributed by atoms with Gasteiger partial charge in [-0.3, -0.25) is 4.79 Å². The van der Waals surface area contributed by atoms with Crippen molar-refractivity contribution in [2.45, 2.75) is 186 Å². The van der Waals surface area contributed by atoms with E-state index in [-0.39, 0.29) is 37.2 Å². The molecule has 0 amide bonds. The Bertz CT molecular complexity index is 1090. The van der Waals surface area contributed by atoms with E-state index in [1.165, 1.54) is 14.0 Å². The van der Waals surface area contributed by atoms with E-state index >= 15 is 0 Å². The van der Waals surface area contributed by atoms with Crippen LogP contribution >= 0.6 is 0 Å². The number of cyclic esters (lactones) is 1. The summed E-state index contributed by atoms with van der Waals surface area (Å²) in [5.74, 6) is -2.65. The fourth-order valence-corrected chi connectivity index (χ4v) is 8.49. The van der Waals surface area contributed by atoms with Crippen molar-refractivity contribution in [3.63, 3.8) is 0 Å². The molecule has 0 bridgehead atoms. The Labute approximate surface area is 299 Å². The second kappa shape index (κ2) is 17.0. The Morgan fingerprint density at radius 3 is 2.12 bits per heavy atom. The summed E-state index contributed by atoms with van der Waals surface area (Å²) in [6.07, 6.45) is -7.83. The molecule has 3 fully saturated rings. The summed E-state index contributed by atoms with van der Waals surface area (Å²) in [4.78, 5) is 16.0. The van der Waals surface area contributed by atoms with Gasteiger partial charge in [0.05, 0.1) is 41.5 Å². The van der Waals surface area contributed by atoms with Crippen molar-refractivity contribution in [2.75, 3.05) is 20.7 Å². The Morgan fingerprint density at radius 1 is 0.920 bits per heavy atom. The van der Waals surface area contributed by atoms with Crippen LogP contribution in [0.2, 0.25) is 0 Å². The second-order valence-electron chi connectivity index (χ2n) is 16.6. The molecule has 9 unspecified atom stereocenters. The van der Waals surface area contributed by atoms with Crippen LogP contribution in [0.15, 0.2) is 0 Å². The van der Waals surface area contributed by atoms with Gasteiger partial charge in [-0.2, -0.15) is 0 Å². The molecule has 0 aliphatic carbocycles. The van der Waals surface area contributed by atoms with Crippen LogP contribution in [0.25, 0.3) is 0 Å². The molecule has 3 rings (SSSR count). The third-order valence-electron chi connectivity index (χ3n) is 11.9. The summed E-state index contributed by atoms with van der Waals surface area (Å²) in [6, 6.07) is -0.528. The third-order valence-corrected chi connectivity index (χ3v) is 11.9. The number of esters is 1. The minimum atomic E-state index is -1.79. The van der Waals surface area contributed by atoms with E-state index in [1.54, 1.807) is 41.5 Å². The molecule has 13 heteroatoms. The molecule has 3 heterocycles. The van der Waals surface area contributed by atoms with Gasteiger partial charge in [-0.15, -0.1) is 0 Å². The van der Waals surface area contributed by atoms with Crippen LogP contribution in [0.4, 0.5) is 0 Å². The Hall–Kier alpha value is -0.970. The maximum Gasteiger partial charge on any atom is 0.311 e. The molecule has 5 N–H and O–H groups in total. The fraction of sp³-hybridized carbons (Fsp3) is 0.973. The molecule has 294 valence electrons. The van der Waals surface area contributed by atoms with Crippen LogP contribution in [0, 0.1) is 23.7 Å². The number of nitrogens with zero attached hydrogens (tertiary/aromatic N) is 1. The molecule has 0 aromatic carbocycles. The molecule has 0 aromatic rings. The van der Waals surface area contributed by atoms with Crippen molar-refractivity contribution in [1.82, 2.24) is 4.90 Å². The zero-order valence-corrected chi connectivity index (χ0v) is 32.7. The number of likely N-dealkylation sites (N-methyl/N-ethyl adjacent to an activating group) is 1. The van der Waals surface area contributed by atoms with E-state index < -0.39 is 96.0 Å². The van der Waals surface area contributed by atoms with Gasteiger partial charge >= 0.3 is 5.97 Å². The number of carbonyl (C=O) groups excluding carboxylic acids is 1. The quantitative estimate of drug-likeness (QED) is 0.254. The van der Waals surface area contributed by atoms with E-state index in [1.807, 2.05) is 39.6 Å². The zero-order chi connectivity index (χ0) is 38.1. The molecular weight excluding hydrogens is 650 g/mol.